The molecule has 0 aliphatic rings. The van der Waals surface area contributed by atoms with Gasteiger partial charge in [0.2, 0.25) is 0 Å². The lowest BCUT2D eigenvalue weighted by molar-refractivity contribution is 0.0950. The van der Waals surface area contributed by atoms with Gasteiger partial charge in [-0.05, 0) is 29.3 Å². The first-order valence-corrected chi connectivity index (χ1v) is 6.89. The lowest BCUT2D eigenvalue weighted by Gasteiger charge is -2.10. The molecule has 0 heterocycles. The Morgan fingerprint density at radius 2 is 1.91 bits per heavy atom. The minimum Gasteiger partial charge on any atom is -0.392 e. The van der Waals surface area contributed by atoms with Crippen LogP contribution in [0.5, 0.6) is 0 Å². The van der Waals surface area contributed by atoms with Crippen molar-refractivity contribution in [2.75, 3.05) is 7.11 Å². The Kier molecular flexibility index (Phi) is 5.63. The van der Waals surface area contributed by atoms with E-state index in [0.717, 1.165) is 11.1 Å². The monoisotopic (exact) mass is 303 g/mol. The van der Waals surface area contributed by atoms with Gasteiger partial charge in [0, 0.05) is 24.8 Å². The van der Waals surface area contributed by atoms with Gasteiger partial charge in [-0.3, -0.25) is 4.79 Å². The van der Waals surface area contributed by atoms with Crippen molar-refractivity contribution in [3.8, 4) is 0 Å². The molecule has 0 radical (unpaired) electrons. The van der Waals surface area contributed by atoms with Crippen LogP contribution in [0.1, 0.15) is 27.0 Å². The van der Waals surface area contributed by atoms with E-state index in [0.29, 0.717) is 17.7 Å². The Hall–Kier alpha value is -2.24. The van der Waals surface area contributed by atoms with E-state index in [-0.39, 0.29) is 19.1 Å². The summed E-state index contributed by atoms with van der Waals surface area (Å²) in [4.78, 5) is 12.1. The first-order valence-electron chi connectivity index (χ1n) is 6.89. The normalized spacial score (nSPS) is 10.5. The molecule has 22 heavy (non-hydrogen) atoms. The number of methoxy groups -OCH3 is 1. The van der Waals surface area contributed by atoms with Gasteiger partial charge in [-0.1, -0.05) is 24.3 Å². The molecule has 0 bridgehead atoms. The predicted molar refractivity (Wildman–Crippen MR) is 80.6 cm³/mol. The minimum atomic E-state index is -0.399. The number of aliphatic hydroxyl groups is 1. The van der Waals surface area contributed by atoms with Crippen LogP contribution in [0.3, 0.4) is 0 Å². The standard InChI is InChI=1S/C17H18FNO3/c1-22-11-15-8-12(6-7-16(15)18)17(21)19-9-13-4-2-3-5-14(13)10-20/h2-8,20H,9-11H2,1H3,(H,19,21). The van der Waals surface area contributed by atoms with Crippen LogP contribution >= 0.6 is 0 Å². The molecule has 0 saturated heterocycles. The number of benzene rings is 2. The van der Waals surface area contributed by atoms with Crippen molar-refractivity contribution in [1.82, 2.24) is 5.32 Å². The van der Waals surface area contributed by atoms with Gasteiger partial charge in [-0.15, -0.1) is 0 Å². The van der Waals surface area contributed by atoms with Crippen molar-refractivity contribution >= 4 is 5.91 Å². The third-order valence-electron chi connectivity index (χ3n) is 3.34. The zero-order chi connectivity index (χ0) is 15.9. The molecule has 2 aromatic rings. The predicted octanol–water partition coefficient (Wildman–Crippen LogP) is 2.39. The fourth-order valence-electron chi connectivity index (χ4n) is 2.14. The summed E-state index contributed by atoms with van der Waals surface area (Å²) in [5.41, 5.74) is 2.32. The Morgan fingerprint density at radius 1 is 1.18 bits per heavy atom. The van der Waals surface area contributed by atoms with Crippen LogP contribution in [0.15, 0.2) is 42.5 Å². The summed E-state index contributed by atoms with van der Waals surface area (Å²) >= 11 is 0. The van der Waals surface area contributed by atoms with E-state index < -0.39 is 5.82 Å². The van der Waals surface area contributed by atoms with Gasteiger partial charge in [0.05, 0.1) is 13.2 Å². The lowest BCUT2D eigenvalue weighted by Crippen LogP contribution is -2.23. The molecule has 5 heteroatoms. The van der Waals surface area contributed by atoms with Crippen molar-refractivity contribution in [3.63, 3.8) is 0 Å². The van der Waals surface area contributed by atoms with Crippen LogP contribution < -0.4 is 5.32 Å². The van der Waals surface area contributed by atoms with Gasteiger partial charge in [0.1, 0.15) is 5.82 Å². The third-order valence-corrected chi connectivity index (χ3v) is 3.34. The Morgan fingerprint density at radius 3 is 2.59 bits per heavy atom. The summed E-state index contributed by atoms with van der Waals surface area (Å²) in [5, 5.41) is 12.0. The van der Waals surface area contributed by atoms with Gasteiger partial charge in [-0.2, -0.15) is 0 Å². The number of hydrogen-bond acceptors (Lipinski definition) is 3. The van der Waals surface area contributed by atoms with Crippen LogP contribution in [-0.2, 0) is 24.5 Å². The van der Waals surface area contributed by atoms with Gasteiger partial charge in [-0.25, -0.2) is 4.39 Å². The highest BCUT2D eigenvalue weighted by Gasteiger charge is 2.10. The van der Waals surface area contributed by atoms with Gasteiger partial charge >= 0.3 is 0 Å². The molecule has 1 amide bonds. The smallest absolute Gasteiger partial charge is 0.251 e. The molecule has 0 saturated carbocycles. The SMILES string of the molecule is COCc1cc(C(=O)NCc2ccccc2CO)ccc1F. The van der Waals surface area contributed by atoms with Crippen LogP contribution in [0, 0.1) is 5.82 Å². The molecule has 2 aromatic carbocycles. The van der Waals surface area contributed by atoms with Crippen molar-refractivity contribution in [1.29, 1.82) is 0 Å². The molecule has 0 unspecified atom stereocenters. The minimum absolute atomic E-state index is 0.0828. The number of carbonyl (C=O) groups excluding carboxylic acids is 1. The number of nitrogens with one attached hydrogen (secondary N) is 1. The average Bonchev–Trinajstić information content (AvgIpc) is 2.55. The molecule has 0 atom stereocenters. The first-order chi connectivity index (χ1) is 10.7. The van der Waals surface area contributed by atoms with Crippen molar-refractivity contribution in [2.45, 2.75) is 19.8 Å². The first kappa shape index (κ1) is 16.1. The summed E-state index contributed by atoms with van der Waals surface area (Å²) in [6, 6.07) is 11.5. The lowest BCUT2D eigenvalue weighted by atomic mass is 10.1. The molecule has 0 aliphatic carbocycles. The molecule has 116 valence electrons. The number of hydrogen-bond donors (Lipinski definition) is 2. The zero-order valence-electron chi connectivity index (χ0n) is 12.3. The van der Waals surface area contributed by atoms with E-state index in [4.69, 9.17) is 4.74 Å². The molecule has 0 fully saturated rings. The fraction of sp³-hybridized carbons (Fsp3) is 0.235. The quantitative estimate of drug-likeness (QED) is 0.861. The number of rotatable bonds is 6. The number of halogens is 1. The molecule has 0 spiro atoms. The van der Waals surface area contributed by atoms with E-state index in [1.54, 1.807) is 6.07 Å². The van der Waals surface area contributed by atoms with Crippen molar-refractivity contribution in [2.24, 2.45) is 0 Å². The van der Waals surface area contributed by atoms with Gasteiger partial charge in [0.15, 0.2) is 0 Å². The van der Waals surface area contributed by atoms with E-state index in [9.17, 15) is 14.3 Å². The molecule has 2 N–H and O–H groups in total. The van der Waals surface area contributed by atoms with E-state index in [1.807, 2.05) is 18.2 Å². The maximum Gasteiger partial charge on any atom is 0.251 e. The Labute approximate surface area is 128 Å². The molecular weight excluding hydrogens is 285 g/mol. The topological polar surface area (TPSA) is 58.6 Å². The summed E-state index contributed by atoms with van der Waals surface area (Å²) in [6.45, 7) is 0.327. The van der Waals surface area contributed by atoms with Crippen LogP contribution in [0.2, 0.25) is 0 Å². The maximum atomic E-state index is 13.5. The van der Waals surface area contributed by atoms with Crippen molar-refractivity contribution in [3.05, 3.63) is 70.5 Å². The number of carbonyl (C=O) groups is 1. The van der Waals surface area contributed by atoms with Gasteiger partial charge in [0.25, 0.3) is 5.91 Å². The Bertz CT molecular complexity index is 658. The third kappa shape index (κ3) is 3.90. The second kappa shape index (κ2) is 7.68. The van der Waals surface area contributed by atoms with Crippen molar-refractivity contribution < 1.29 is 19.0 Å². The van der Waals surface area contributed by atoms with Crippen LogP contribution in [0.4, 0.5) is 4.39 Å². The highest BCUT2D eigenvalue weighted by Crippen LogP contribution is 2.13. The molecule has 0 aliphatic heterocycles. The largest absolute Gasteiger partial charge is 0.392 e. The van der Waals surface area contributed by atoms with Gasteiger partial charge < -0.3 is 15.2 Å². The molecule has 4 nitrogen and oxygen atoms in total. The molecule has 2 rings (SSSR count). The van der Waals surface area contributed by atoms with E-state index in [1.165, 1.54) is 25.3 Å². The summed E-state index contributed by atoms with van der Waals surface area (Å²) < 4.78 is 18.4. The summed E-state index contributed by atoms with van der Waals surface area (Å²) in [7, 11) is 1.47. The second-order valence-corrected chi connectivity index (χ2v) is 4.85. The second-order valence-electron chi connectivity index (χ2n) is 4.85. The fourth-order valence-corrected chi connectivity index (χ4v) is 2.14. The van der Waals surface area contributed by atoms with E-state index >= 15 is 0 Å². The highest BCUT2D eigenvalue weighted by molar-refractivity contribution is 5.94. The zero-order valence-corrected chi connectivity index (χ0v) is 12.3. The maximum absolute atomic E-state index is 13.5. The molecular formula is C17H18FNO3. The van der Waals surface area contributed by atoms with Crippen LogP contribution in [-0.4, -0.2) is 18.1 Å². The average molecular weight is 303 g/mol. The number of amides is 1. The van der Waals surface area contributed by atoms with Crippen LogP contribution in [0.25, 0.3) is 0 Å². The Balaban J connectivity index is 2.08. The summed E-state index contributed by atoms with van der Waals surface area (Å²) in [5.74, 6) is -0.700. The summed E-state index contributed by atoms with van der Waals surface area (Å²) in [6.07, 6.45) is 0. The molecule has 0 aromatic heterocycles. The highest BCUT2D eigenvalue weighted by atomic mass is 19.1. The van der Waals surface area contributed by atoms with E-state index in [2.05, 4.69) is 5.32 Å². The number of aliphatic hydroxyl groups excluding tert-OH is 1. The number of ether oxygens (including phenoxy) is 1.